The first-order chi connectivity index (χ1) is 13.3. The second kappa shape index (κ2) is 6.54. The molecule has 1 atom stereocenters. The lowest BCUT2D eigenvalue weighted by molar-refractivity contribution is 0.354. The number of ether oxygens (including phenoxy) is 2. The summed E-state index contributed by atoms with van der Waals surface area (Å²) in [5.41, 5.74) is 2.17. The summed E-state index contributed by atoms with van der Waals surface area (Å²) in [7, 11) is 3.30. The van der Waals surface area contributed by atoms with Crippen LogP contribution in [0.25, 0.3) is 11.4 Å². The third kappa shape index (κ3) is 2.59. The first-order valence-corrected chi connectivity index (χ1v) is 10.1. The van der Waals surface area contributed by atoms with Crippen LogP contribution in [0.3, 0.4) is 0 Å². The number of thioether (sulfide) groups is 2. The summed E-state index contributed by atoms with van der Waals surface area (Å²) in [4.78, 5) is 0. The van der Waals surface area contributed by atoms with E-state index >= 15 is 0 Å². The van der Waals surface area contributed by atoms with Gasteiger partial charge in [-0.3, -0.25) is 5.01 Å². The molecule has 3 heterocycles. The molecule has 3 aromatic rings. The van der Waals surface area contributed by atoms with Gasteiger partial charge in [-0.2, -0.15) is 0 Å². The SMILES string of the molecule is COc1ccc(C2SC=C3Sc4nnc(-c5ccccc5)n4N32)cc1OC. The largest absolute Gasteiger partial charge is 0.493 e. The molecule has 0 amide bonds. The third-order valence-electron chi connectivity index (χ3n) is 4.49. The molecule has 6 nitrogen and oxygen atoms in total. The van der Waals surface area contributed by atoms with Crippen LogP contribution in [0.4, 0.5) is 0 Å². The summed E-state index contributed by atoms with van der Waals surface area (Å²) in [6, 6.07) is 16.2. The maximum absolute atomic E-state index is 5.49. The zero-order chi connectivity index (χ0) is 18.4. The van der Waals surface area contributed by atoms with E-state index in [0.717, 1.165) is 38.6 Å². The van der Waals surface area contributed by atoms with Gasteiger partial charge in [0.15, 0.2) is 17.3 Å². The molecule has 0 radical (unpaired) electrons. The van der Waals surface area contributed by atoms with Gasteiger partial charge in [0.2, 0.25) is 5.16 Å². The average molecular weight is 396 g/mol. The van der Waals surface area contributed by atoms with Crippen LogP contribution in [0.1, 0.15) is 10.9 Å². The Morgan fingerprint density at radius 1 is 0.963 bits per heavy atom. The van der Waals surface area contributed by atoms with E-state index in [2.05, 4.69) is 43.5 Å². The van der Waals surface area contributed by atoms with Crippen molar-refractivity contribution in [1.29, 1.82) is 0 Å². The summed E-state index contributed by atoms with van der Waals surface area (Å²) < 4.78 is 13.0. The molecule has 0 aliphatic carbocycles. The molecule has 0 bridgehead atoms. The highest BCUT2D eigenvalue weighted by atomic mass is 32.2. The summed E-state index contributed by atoms with van der Waals surface area (Å²) in [6.07, 6.45) is 0. The van der Waals surface area contributed by atoms with Crippen LogP contribution >= 0.6 is 23.5 Å². The lowest BCUT2D eigenvalue weighted by Gasteiger charge is -2.26. The number of hydrogen-bond donors (Lipinski definition) is 0. The Hall–Kier alpha value is -2.58. The predicted octanol–water partition coefficient (Wildman–Crippen LogP) is 4.25. The van der Waals surface area contributed by atoms with E-state index in [1.807, 2.05) is 30.3 Å². The standard InChI is InChI=1S/C19H16N4O2S2/c1-24-14-9-8-13(10-15(14)25-2)18-22-16(11-26-18)27-19-21-20-17(23(19)22)12-6-4-3-5-7-12/h3-11,18H,1-2H3. The number of aromatic nitrogens is 3. The average Bonchev–Trinajstić information content (AvgIpc) is 3.39. The first-order valence-electron chi connectivity index (χ1n) is 8.36. The van der Waals surface area contributed by atoms with Gasteiger partial charge in [-0.05, 0) is 29.5 Å². The van der Waals surface area contributed by atoms with Crippen LogP contribution in [0.2, 0.25) is 0 Å². The zero-order valence-electron chi connectivity index (χ0n) is 14.7. The quantitative estimate of drug-likeness (QED) is 0.653. The van der Waals surface area contributed by atoms with Crippen molar-refractivity contribution in [1.82, 2.24) is 14.9 Å². The number of methoxy groups -OCH3 is 2. The van der Waals surface area contributed by atoms with E-state index in [1.54, 1.807) is 37.7 Å². The van der Waals surface area contributed by atoms with E-state index in [9.17, 15) is 0 Å². The highest BCUT2D eigenvalue weighted by Gasteiger charge is 2.40. The van der Waals surface area contributed by atoms with E-state index in [4.69, 9.17) is 9.47 Å². The lowest BCUT2D eigenvalue weighted by atomic mass is 10.2. The predicted molar refractivity (Wildman–Crippen MR) is 107 cm³/mol. The molecule has 2 aromatic carbocycles. The molecule has 5 rings (SSSR count). The monoisotopic (exact) mass is 396 g/mol. The van der Waals surface area contributed by atoms with Gasteiger partial charge < -0.3 is 9.47 Å². The molecule has 136 valence electrons. The first kappa shape index (κ1) is 16.6. The molecule has 0 N–H and O–H groups in total. The molecule has 1 aromatic heterocycles. The molecule has 0 saturated carbocycles. The van der Waals surface area contributed by atoms with Crippen molar-refractivity contribution >= 4 is 23.5 Å². The summed E-state index contributed by atoms with van der Waals surface area (Å²) in [5, 5.41) is 15.3. The highest BCUT2D eigenvalue weighted by molar-refractivity contribution is 8.07. The van der Waals surface area contributed by atoms with Crippen molar-refractivity contribution in [2.24, 2.45) is 0 Å². The minimum Gasteiger partial charge on any atom is -0.493 e. The highest BCUT2D eigenvalue weighted by Crippen LogP contribution is 2.52. The molecule has 8 heteroatoms. The Balaban J connectivity index is 1.57. The normalized spacial score (nSPS) is 17.5. The van der Waals surface area contributed by atoms with Gasteiger partial charge in [-0.25, -0.2) is 4.68 Å². The second-order valence-electron chi connectivity index (χ2n) is 5.99. The summed E-state index contributed by atoms with van der Waals surface area (Å²) in [5.74, 6) is 2.29. The van der Waals surface area contributed by atoms with Gasteiger partial charge in [0, 0.05) is 11.0 Å². The van der Waals surface area contributed by atoms with Crippen molar-refractivity contribution in [2.45, 2.75) is 10.5 Å². The molecule has 2 aliphatic heterocycles. The van der Waals surface area contributed by atoms with E-state index < -0.39 is 0 Å². The number of nitrogens with zero attached hydrogens (tertiary/aromatic N) is 4. The van der Waals surface area contributed by atoms with Crippen LogP contribution in [0.15, 0.2) is 64.1 Å². The molecule has 0 saturated heterocycles. The van der Waals surface area contributed by atoms with E-state index in [-0.39, 0.29) is 5.37 Å². The molecule has 1 unspecified atom stereocenters. The molecule has 0 fully saturated rings. The van der Waals surface area contributed by atoms with Crippen LogP contribution < -0.4 is 14.5 Å². The fourth-order valence-electron chi connectivity index (χ4n) is 3.23. The fourth-order valence-corrected chi connectivity index (χ4v) is 5.45. The van der Waals surface area contributed by atoms with Crippen molar-refractivity contribution < 1.29 is 9.47 Å². The smallest absolute Gasteiger partial charge is 0.217 e. The van der Waals surface area contributed by atoms with Gasteiger partial charge in [0.05, 0.1) is 14.2 Å². The molecule has 2 aliphatic rings. The van der Waals surface area contributed by atoms with Gasteiger partial charge in [-0.1, -0.05) is 48.2 Å². The molecule has 27 heavy (non-hydrogen) atoms. The van der Waals surface area contributed by atoms with Crippen LogP contribution in [-0.4, -0.2) is 29.1 Å². The topological polar surface area (TPSA) is 52.4 Å². The maximum atomic E-state index is 5.49. The van der Waals surface area contributed by atoms with Crippen molar-refractivity contribution in [2.75, 3.05) is 19.2 Å². The zero-order valence-corrected chi connectivity index (χ0v) is 16.3. The number of benzene rings is 2. The Kier molecular flexibility index (Phi) is 4.02. The van der Waals surface area contributed by atoms with Crippen LogP contribution in [-0.2, 0) is 0 Å². The van der Waals surface area contributed by atoms with Crippen LogP contribution in [0, 0.1) is 0 Å². The molecule has 0 spiro atoms. The van der Waals surface area contributed by atoms with Gasteiger partial charge in [-0.15, -0.1) is 10.2 Å². The Morgan fingerprint density at radius 3 is 2.56 bits per heavy atom. The Bertz CT molecular complexity index is 1040. The Morgan fingerprint density at radius 2 is 1.78 bits per heavy atom. The number of hydrogen-bond acceptors (Lipinski definition) is 7. The van der Waals surface area contributed by atoms with Gasteiger partial charge >= 0.3 is 0 Å². The minimum absolute atomic E-state index is 0.0759. The third-order valence-corrected chi connectivity index (χ3v) is 6.68. The summed E-state index contributed by atoms with van der Waals surface area (Å²) in [6.45, 7) is 0. The molecular weight excluding hydrogens is 380 g/mol. The molecular formula is C19H16N4O2S2. The fraction of sp³-hybridized carbons (Fsp3) is 0.158. The van der Waals surface area contributed by atoms with Crippen LogP contribution in [0.5, 0.6) is 11.5 Å². The number of fused-ring (bicyclic) bond motifs is 3. The minimum atomic E-state index is 0.0759. The van der Waals surface area contributed by atoms with Crippen molar-refractivity contribution in [3.63, 3.8) is 0 Å². The van der Waals surface area contributed by atoms with Gasteiger partial charge in [0.1, 0.15) is 10.4 Å². The van der Waals surface area contributed by atoms with Crippen molar-refractivity contribution in [3.8, 4) is 22.9 Å². The number of rotatable bonds is 4. The maximum Gasteiger partial charge on any atom is 0.217 e. The van der Waals surface area contributed by atoms with E-state index in [0.29, 0.717) is 0 Å². The van der Waals surface area contributed by atoms with E-state index in [1.165, 1.54) is 0 Å². The lowest BCUT2D eigenvalue weighted by Crippen LogP contribution is -2.29. The Labute approximate surface area is 165 Å². The second-order valence-corrected chi connectivity index (χ2v) is 7.93. The van der Waals surface area contributed by atoms with Crippen molar-refractivity contribution in [3.05, 3.63) is 64.5 Å². The summed E-state index contributed by atoms with van der Waals surface area (Å²) >= 11 is 3.40. The van der Waals surface area contributed by atoms with Gasteiger partial charge in [0.25, 0.3) is 0 Å².